The van der Waals surface area contributed by atoms with Crippen LogP contribution in [0.3, 0.4) is 0 Å². The Kier molecular flexibility index (Phi) is 6.68. The highest BCUT2D eigenvalue weighted by Crippen LogP contribution is 2.10. The summed E-state index contributed by atoms with van der Waals surface area (Å²) in [6, 6.07) is 5.96. The Balaban J connectivity index is 2.31. The van der Waals surface area contributed by atoms with E-state index in [1.54, 1.807) is 24.3 Å². The highest BCUT2D eigenvalue weighted by atomic mass is 16.3. The van der Waals surface area contributed by atoms with Crippen molar-refractivity contribution in [3.63, 3.8) is 0 Å². The molecular weight excluding hydrogens is 270 g/mol. The molecule has 2 amide bonds. The molecule has 116 valence electrons. The van der Waals surface area contributed by atoms with Gasteiger partial charge in [0.2, 0.25) is 11.8 Å². The predicted molar refractivity (Wildman–Crippen MR) is 80.7 cm³/mol. The van der Waals surface area contributed by atoms with E-state index in [0.717, 1.165) is 5.56 Å². The van der Waals surface area contributed by atoms with Crippen LogP contribution in [0.1, 0.15) is 25.8 Å². The van der Waals surface area contributed by atoms with Crippen molar-refractivity contribution in [2.75, 3.05) is 6.54 Å². The van der Waals surface area contributed by atoms with E-state index in [1.165, 1.54) is 0 Å². The van der Waals surface area contributed by atoms with Crippen LogP contribution in [0.25, 0.3) is 0 Å². The van der Waals surface area contributed by atoms with Crippen molar-refractivity contribution in [2.24, 2.45) is 5.73 Å². The van der Waals surface area contributed by atoms with Gasteiger partial charge in [0.1, 0.15) is 5.75 Å². The first-order chi connectivity index (χ1) is 9.88. The van der Waals surface area contributed by atoms with Crippen molar-refractivity contribution >= 4 is 11.8 Å². The lowest BCUT2D eigenvalue weighted by atomic mass is 10.1. The zero-order chi connectivity index (χ0) is 15.8. The minimum Gasteiger partial charge on any atom is -0.508 e. The molecule has 1 aromatic rings. The van der Waals surface area contributed by atoms with Gasteiger partial charge in [-0.1, -0.05) is 12.1 Å². The molecule has 1 atom stereocenters. The van der Waals surface area contributed by atoms with Gasteiger partial charge in [0, 0.05) is 19.0 Å². The molecule has 0 radical (unpaired) electrons. The van der Waals surface area contributed by atoms with E-state index in [2.05, 4.69) is 10.6 Å². The highest BCUT2D eigenvalue weighted by Gasteiger charge is 2.14. The third-order valence-corrected chi connectivity index (χ3v) is 2.83. The molecule has 0 heterocycles. The van der Waals surface area contributed by atoms with E-state index in [9.17, 15) is 14.7 Å². The van der Waals surface area contributed by atoms with E-state index in [1.807, 2.05) is 13.8 Å². The zero-order valence-electron chi connectivity index (χ0n) is 12.4. The normalized spacial score (nSPS) is 12.0. The minimum atomic E-state index is -0.678. The van der Waals surface area contributed by atoms with Crippen molar-refractivity contribution in [3.8, 4) is 5.75 Å². The number of phenolic OH excluding ortho intramolecular Hbond substituents is 1. The maximum absolute atomic E-state index is 11.8. The summed E-state index contributed by atoms with van der Waals surface area (Å²) in [7, 11) is 0. The van der Waals surface area contributed by atoms with E-state index in [4.69, 9.17) is 5.73 Å². The molecule has 0 aliphatic rings. The molecule has 0 aliphatic heterocycles. The predicted octanol–water partition coefficient (Wildman–Crippen LogP) is 0.293. The molecule has 5 N–H and O–H groups in total. The van der Waals surface area contributed by atoms with E-state index >= 15 is 0 Å². The lowest BCUT2D eigenvalue weighted by Gasteiger charge is -2.13. The van der Waals surface area contributed by atoms with Crippen LogP contribution < -0.4 is 16.4 Å². The fourth-order valence-corrected chi connectivity index (χ4v) is 1.80. The molecule has 0 aliphatic carbocycles. The molecule has 1 rings (SSSR count). The van der Waals surface area contributed by atoms with Crippen LogP contribution in [0.4, 0.5) is 0 Å². The smallest absolute Gasteiger partial charge is 0.237 e. The summed E-state index contributed by atoms with van der Waals surface area (Å²) in [5.74, 6) is -0.217. The first-order valence-corrected chi connectivity index (χ1v) is 6.99. The quantitative estimate of drug-likeness (QED) is 0.580. The van der Waals surface area contributed by atoms with Crippen molar-refractivity contribution in [1.29, 1.82) is 0 Å². The number of benzene rings is 1. The van der Waals surface area contributed by atoms with Gasteiger partial charge in [0.05, 0.1) is 6.04 Å². The van der Waals surface area contributed by atoms with Crippen LogP contribution in [-0.4, -0.2) is 35.5 Å². The van der Waals surface area contributed by atoms with Crippen molar-refractivity contribution in [3.05, 3.63) is 29.8 Å². The van der Waals surface area contributed by atoms with Gasteiger partial charge in [0.25, 0.3) is 0 Å². The van der Waals surface area contributed by atoms with Gasteiger partial charge in [-0.25, -0.2) is 0 Å². The monoisotopic (exact) mass is 293 g/mol. The summed E-state index contributed by atoms with van der Waals surface area (Å²) >= 11 is 0. The number of carbonyl (C=O) groups is 2. The highest BCUT2D eigenvalue weighted by molar-refractivity contribution is 5.82. The number of hydrogen-bond acceptors (Lipinski definition) is 4. The number of carbonyl (C=O) groups excluding carboxylic acids is 2. The fourth-order valence-electron chi connectivity index (χ4n) is 1.80. The van der Waals surface area contributed by atoms with Crippen LogP contribution in [0.2, 0.25) is 0 Å². The summed E-state index contributed by atoms with van der Waals surface area (Å²) in [5.41, 5.74) is 6.68. The zero-order valence-corrected chi connectivity index (χ0v) is 12.4. The van der Waals surface area contributed by atoms with Gasteiger partial charge in [0.15, 0.2) is 0 Å². The number of hydrogen-bond donors (Lipinski definition) is 4. The fraction of sp³-hybridized carbons (Fsp3) is 0.467. The Morgan fingerprint density at radius 2 is 1.86 bits per heavy atom. The molecule has 1 aromatic carbocycles. The Labute approximate surface area is 124 Å². The van der Waals surface area contributed by atoms with Crippen molar-refractivity contribution < 1.29 is 14.7 Å². The molecule has 0 spiro atoms. The summed E-state index contributed by atoms with van der Waals surface area (Å²) < 4.78 is 0. The summed E-state index contributed by atoms with van der Waals surface area (Å²) in [5, 5.41) is 14.6. The van der Waals surface area contributed by atoms with Crippen LogP contribution in [0.5, 0.6) is 5.75 Å². The second-order valence-electron chi connectivity index (χ2n) is 5.24. The number of phenols is 1. The number of amides is 2. The first-order valence-electron chi connectivity index (χ1n) is 6.99. The summed E-state index contributed by atoms with van der Waals surface area (Å²) in [4.78, 5) is 23.2. The molecule has 0 fully saturated rings. The second kappa shape index (κ2) is 8.26. The van der Waals surface area contributed by atoms with Crippen molar-refractivity contribution in [1.82, 2.24) is 10.6 Å². The molecule has 6 heteroatoms. The van der Waals surface area contributed by atoms with Gasteiger partial charge in [-0.3, -0.25) is 9.59 Å². The molecular formula is C15H23N3O3. The van der Waals surface area contributed by atoms with Crippen LogP contribution in [0, 0.1) is 0 Å². The maximum Gasteiger partial charge on any atom is 0.237 e. The average Bonchev–Trinajstić information content (AvgIpc) is 2.40. The molecule has 0 bridgehead atoms. The van der Waals surface area contributed by atoms with Gasteiger partial charge in [-0.15, -0.1) is 0 Å². The van der Waals surface area contributed by atoms with Crippen molar-refractivity contribution in [2.45, 2.75) is 38.8 Å². The third-order valence-electron chi connectivity index (χ3n) is 2.83. The SMILES string of the molecule is CC(C)NC(=O)CCNC(=O)[C@H](N)Cc1ccc(O)cc1. The Morgan fingerprint density at radius 1 is 1.24 bits per heavy atom. The standard InChI is InChI=1S/C15H23N3O3/c1-10(2)18-14(20)7-8-17-15(21)13(16)9-11-3-5-12(19)6-4-11/h3-6,10,13,19H,7-9,16H2,1-2H3,(H,17,21)(H,18,20)/t13-/m1/s1. The molecule has 21 heavy (non-hydrogen) atoms. The number of aromatic hydroxyl groups is 1. The number of rotatable bonds is 7. The molecule has 6 nitrogen and oxygen atoms in total. The maximum atomic E-state index is 11.8. The van der Waals surface area contributed by atoms with Gasteiger partial charge in [-0.2, -0.15) is 0 Å². The van der Waals surface area contributed by atoms with E-state index < -0.39 is 6.04 Å². The Bertz CT molecular complexity index is 472. The van der Waals surface area contributed by atoms with E-state index in [0.29, 0.717) is 6.42 Å². The van der Waals surface area contributed by atoms with Gasteiger partial charge >= 0.3 is 0 Å². The molecule has 0 saturated carbocycles. The first kappa shape index (κ1) is 17.0. The van der Waals surface area contributed by atoms with Gasteiger partial charge in [-0.05, 0) is 38.0 Å². The van der Waals surface area contributed by atoms with Crippen LogP contribution in [0.15, 0.2) is 24.3 Å². The lowest BCUT2D eigenvalue weighted by molar-refractivity contribution is -0.123. The largest absolute Gasteiger partial charge is 0.508 e. The van der Waals surface area contributed by atoms with Gasteiger partial charge < -0.3 is 21.5 Å². The summed E-state index contributed by atoms with van der Waals surface area (Å²) in [6.07, 6.45) is 0.611. The summed E-state index contributed by atoms with van der Waals surface area (Å²) in [6.45, 7) is 4.02. The third kappa shape index (κ3) is 6.76. The van der Waals surface area contributed by atoms with Crippen LogP contribution >= 0.6 is 0 Å². The molecule has 0 saturated heterocycles. The topological polar surface area (TPSA) is 104 Å². The molecule has 0 aromatic heterocycles. The Morgan fingerprint density at radius 3 is 2.43 bits per heavy atom. The van der Waals surface area contributed by atoms with Crippen LogP contribution in [-0.2, 0) is 16.0 Å². The second-order valence-corrected chi connectivity index (χ2v) is 5.24. The average molecular weight is 293 g/mol. The Hall–Kier alpha value is -2.08. The number of nitrogens with one attached hydrogen (secondary N) is 2. The van der Waals surface area contributed by atoms with E-state index in [-0.39, 0.29) is 36.6 Å². The lowest BCUT2D eigenvalue weighted by Crippen LogP contribution is -2.43. The molecule has 0 unspecified atom stereocenters. The minimum absolute atomic E-state index is 0.0879. The number of nitrogens with two attached hydrogens (primary N) is 1.